The summed E-state index contributed by atoms with van der Waals surface area (Å²) in [5.74, 6) is 0. The quantitative estimate of drug-likeness (QED) is 0.154. The number of fused-ring (bicyclic) bond motifs is 17. The third-order valence-electron chi connectivity index (χ3n) is 22.0. The molecule has 5 heteroatoms. The van der Waals surface area contributed by atoms with Crippen LogP contribution in [-0.4, -0.2) is 15.7 Å². The monoisotopic (exact) mass is 1370 g/mol. The highest BCUT2D eigenvalue weighted by Crippen LogP contribution is 2.55. The molecule has 0 fully saturated rings. The highest BCUT2D eigenvalue weighted by atomic mass is 15.2. The van der Waals surface area contributed by atoms with Gasteiger partial charge in [-0.05, 0) is 165 Å². The topological polar surface area (TPSA) is 15.8 Å². The van der Waals surface area contributed by atoms with Crippen LogP contribution >= 0.6 is 0 Å². The molecule has 3 aromatic heterocycles. The lowest BCUT2D eigenvalue weighted by Gasteiger charge is -2.46. The van der Waals surface area contributed by atoms with E-state index in [4.69, 9.17) is 2.74 Å². The van der Waals surface area contributed by atoms with Gasteiger partial charge in [-0.25, -0.2) is 0 Å². The van der Waals surface area contributed by atoms with Crippen LogP contribution in [0.1, 0.15) is 126 Å². The first-order valence-electron chi connectivity index (χ1n) is 43.8. The molecule has 19 rings (SSSR count). The van der Waals surface area contributed by atoms with Crippen LogP contribution in [0.5, 0.6) is 0 Å². The predicted octanol–water partition coefficient (Wildman–Crippen LogP) is 25.6. The van der Waals surface area contributed by atoms with E-state index in [0.717, 1.165) is 106 Å². The summed E-state index contributed by atoms with van der Waals surface area (Å²) in [4.78, 5) is 4.76. The highest BCUT2D eigenvalue weighted by Gasteiger charge is 2.46. The lowest BCUT2D eigenvalue weighted by molar-refractivity contribution is 0.569. The van der Waals surface area contributed by atoms with Crippen LogP contribution in [0.2, 0.25) is 0 Å². The Labute approximate surface area is 637 Å². The van der Waals surface area contributed by atoms with Gasteiger partial charge < -0.3 is 18.8 Å². The number of aromatic nitrogens is 2. The van der Waals surface area contributed by atoms with Crippen molar-refractivity contribution >= 4 is 139 Å². The number of hydrogen-bond donors (Lipinski definition) is 0. The maximum Gasteiger partial charge on any atom is 0.252 e. The molecule has 5 heterocycles. The van der Waals surface area contributed by atoms with Crippen LogP contribution in [-0.2, 0) is 21.7 Å². The van der Waals surface area contributed by atoms with Crippen molar-refractivity contribution in [2.45, 2.75) is 105 Å². The second-order valence-corrected chi connectivity index (χ2v) is 32.6. The first-order chi connectivity index (χ1) is 56.9. The molecule has 0 aliphatic carbocycles. The third-order valence-corrected chi connectivity index (χ3v) is 22.0. The number of hydrogen-bond acceptors (Lipinski definition) is 2. The van der Waals surface area contributed by atoms with E-state index in [9.17, 15) is 17.8 Å². The van der Waals surface area contributed by atoms with Gasteiger partial charge >= 0.3 is 0 Å². The lowest BCUT2D eigenvalue weighted by Crippen LogP contribution is -2.61. The normalized spacial score (nSPS) is 15.3. The summed E-state index contributed by atoms with van der Waals surface area (Å²) in [5, 5.41) is 3.71. The molecule has 4 nitrogen and oxygen atoms in total. The molecule has 2 aliphatic rings. The number of para-hydroxylation sites is 5. The molecule has 0 spiro atoms. The average molecular weight is 1370 g/mol. The highest BCUT2D eigenvalue weighted by molar-refractivity contribution is 7.00. The molecule has 105 heavy (non-hydrogen) atoms. The average Bonchev–Trinajstić information content (AvgIpc) is 1.69. The zero-order valence-corrected chi connectivity index (χ0v) is 61.0. The SMILES string of the molecule is [2H]c1c([2H])c([2H])c2c(c1[2H])c1c([2H])c([2H])c([2H])c([2H])c1n2-c1ccc2c(c1)N(c1c(-c3ccccc3)cc(C(C)(C)C)cc1-c1ccccc1)c1cc(C(C)(C)C)cc3c1B2c1cc2c4ccccc4c4ccccc4c4c([2H])c([2H])c([2H])c5c6c([2H])c([2H])c([2H])c([2H])c6n(c2cc1N3c1ccccc1-c1cc(C(C)(C)C)cc(C(C)(C)C)c1)c45. The summed E-state index contributed by atoms with van der Waals surface area (Å²) in [7, 11) is 0. The molecule has 2 aliphatic heterocycles. The summed E-state index contributed by atoms with van der Waals surface area (Å²) in [5.41, 5.74) is 16.2. The van der Waals surface area contributed by atoms with Gasteiger partial charge in [0.2, 0.25) is 0 Å². The van der Waals surface area contributed by atoms with Gasteiger partial charge in [0, 0.05) is 77.4 Å². The van der Waals surface area contributed by atoms with Gasteiger partial charge in [0.15, 0.2) is 0 Å². The Morgan fingerprint density at radius 3 is 1.29 bits per heavy atom. The molecule has 0 bridgehead atoms. The van der Waals surface area contributed by atoms with Crippen LogP contribution in [0.3, 0.4) is 0 Å². The maximum absolute atomic E-state index is 10.3. The molecular weight excluding hydrogens is 1270 g/mol. The van der Waals surface area contributed by atoms with Gasteiger partial charge in [0.1, 0.15) is 0 Å². The van der Waals surface area contributed by atoms with Crippen molar-refractivity contribution in [3.63, 3.8) is 0 Å². The first kappa shape index (κ1) is 49.9. The van der Waals surface area contributed by atoms with E-state index in [2.05, 4.69) is 238 Å². The van der Waals surface area contributed by atoms with E-state index in [1.54, 1.807) is 4.57 Å². The number of nitrogens with zero attached hydrogens (tertiary/aromatic N) is 4. The van der Waals surface area contributed by atoms with Crippen molar-refractivity contribution in [2.24, 2.45) is 0 Å². The smallest absolute Gasteiger partial charge is 0.252 e. The Kier molecular flexibility index (Phi) is 11.1. The first-order valence-corrected chi connectivity index (χ1v) is 36.3. The Balaban J connectivity index is 1.09. The van der Waals surface area contributed by atoms with Gasteiger partial charge in [-0.15, -0.1) is 0 Å². The zero-order valence-electron chi connectivity index (χ0n) is 76.0. The van der Waals surface area contributed by atoms with Gasteiger partial charge in [-0.2, -0.15) is 0 Å². The lowest BCUT2D eigenvalue weighted by atomic mass is 9.33. The second kappa shape index (κ2) is 23.4. The summed E-state index contributed by atoms with van der Waals surface area (Å²) >= 11 is 0. The van der Waals surface area contributed by atoms with Gasteiger partial charge in [0.25, 0.3) is 6.71 Å². The van der Waals surface area contributed by atoms with Crippen molar-refractivity contribution in [3.05, 3.63) is 319 Å². The molecule has 17 aromatic rings. The van der Waals surface area contributed by atoms with Crippen LogP contribution in [0, 0.1) is 0 Å². The molecule has 0 saturated carbocycles. The molecule has 0 radical (unpaired) electrons. The third kappa shape index (κ3) is 10.1. The minimum atomic E-state index is -0.768. The summed E-state index contributed by atoms with van der Waals surface area (Å²) in [6.45, 7) is 25.9. The fourth-order valence-corrected chi connectivity index (χ4v) is 16.6. The summed E-state index contributed by atoms with van der Waals surface area (Å²) < 4.78 is 149. The maximum atomic E-state index is 10.3. The standard InChI is InChI=1S/C100H85BN4/c1-97(2,3)65-52-64(53-66(54-65)98(4,5)6)70-36-23-27-46-85(70)103-91-61-89-82(74-40-22-20-38-72(74)71-37-19-21-39-73(71)78-44-31-45-79-77-43-26-30-49-88(77)104(89)95(78)79)60-84(91)101-83-51-50-69(102-86-47-28-24-41-75(86)76-42-25-29-48-87(76)102)59-90(83)105(93-58-68(100(10,11)12)57-92(103)94(93)101)96-80(62-32-15-13-16-33-62)55-67(99(7,8)9)56-81(96)63-34-17-14-18-35-63/h13-61H,1-12H3/i24D,25D,26D,28D,29D,30D,31D,41D,42D,43D,44D,45D,47D,48D,49D. The Hall–Kier alpha value is -11.7. The molecule has 0 atom stereocenters. The van der Waals surface area contributed by atoms with E-state index < -0.39 is 90.1 Å². The van der Waals surface area contributed by atoms with Crippen molar-refractivity contribution < 1.29 is 20.6 Å². The Morgan fingerprint density at radius 2 is 0.724 bits per heavy atom. The Morgan fingerprint density at radius 1 is 0.286 bits per heavy atom. The van der Waals surface area contributed by atoms with E-state index in [-0.39, 0.29) is 78.0 Å². The van der Waals surface area contributed by atoms with E-state index in [1.165, 1.54) is 0 Å². The molecule has 0 unspecified atom stereocenters. The number of anilines is 6. The van der Waals surface area contributed by atoms with Crippen molar-refractivity contribution in [1.82, 2.24) is 8.97 Å². The molecule has 508 valence electrons. The molecule has 14 aromatic carbocycles. The predicted molar refractivity (Wildman–Crippen MR) is 453 cm³/mol. The van der Waals surface area contributed by atoms with E-state index in [0.29, 0.717) is 38.7 Å². The van der Waals surface area contributed by atoms with Crippen molar-refractivity contribution in [1.29, 1.82) is 0 Å². The minimum Gasteiger partial charge on any atom is -0.311 e. The van der Waals surface area contributed by atoms with E-state index >= 15 is 0 Å². The van der Waals surface area contributed by atoms with Crippen LogP contribution in [0.4, 0.5) is 34.1 Å². The number of rotatable bonds is 6. The largest absolute Gasteiger partial charge is 0.311 e. The molecule has 0 amide bonds. The fourth-order valence-electron chi connectivity index (χ4n) is 16.6. The summed E-state index contributed by atoms with van der Waals surface area (Å²) in [6.07, 6.45) is 0. The fraction of sp³-hybridized carbons (Fsp3) is 0.160. The number of benzene rings is 14. The van der Waals surface area contributed by atoms with Crippen molar-refractivity contribution in [3.8, 4) is 39.1 Å². The summed E-state index contributed by atoms with van der Waals surface area (Å²) in [6, 6.07) is 64.9. The van der Waals surface area contributed by atoms with Gasteiger partial charge in [0.05, 0.1) is 59.5 Å². The van der Waals surface area contributed by atoms with Crippen LogP contribution < -0.4 is 26.2 Å². The van der Waals surface area contributed by atoms with Gasteiger partial charge in [-0.3, -0.25) is 0 Å². The van der Waals surface area contributed by atoms with E-state index in [1.807, 2.05) is 65.1 Å². The van der Waals surface area contributed by atoms with Crippen LogP contribution in [0.15, 0.2) is 297 Å². The van der Waals surface area contributed by atoms with Crippen molar-refractivity contribution in [2.75, 3.05) is 9.80 Å². The molecule has 0 N–H and O–H groups in total. The molecule has 0 saturated heterocycles. The Bertz CT molecular complexity index is 7300. The minimum absolute atomic E-state index is 0.0330. The molecular formula is C100H85BN4. The second-order valence-electron chi connectivity index (χ2n) is 32.6. The van der Waals surface area contributed by atoms with Gasteiger partial charge in [-0.1, -0.05) is 313 Å². The zero-order chi connectivity index (χ0) is 84.8. The van der Waals surface area contributed by atoms with Crippen LogP contribution in [0.25, 0.3) is 121 Å².